The molecule has 7 nitrogen and oxygen atoms in total. The van der Waals surface area contributed by atoms with Crippen molar-refractivity contribution in [3.63, 3.8) is 0 Å². The minimum absolute atomic E-state index is 0.0150. The van der Waals surface area contributed by atoms with Crippen LogP contribution >= 0.6 is 0 Å². The van der Waals surface area contributed by atoms with E-state index in [1.165, 1.54) is 7.05 Å². The maximum absolute atomic E-state index is 11.9. The average molecular weight is 307 g/mol. The first kappa shape index (κ1) is 17.4. The van der Waals surface area contributed by atoms with Gasteiger partial charge in [0, 0.05) is 20.1 Å². The van der Waals surface area contributed by atoms with Crippen molar-refractivity contribution in [1.29, 1.82) is 0 Å². The molecule has 8 heteroatoms. The SMILES string of the molecule is CN1CCC(CCNS(=O)(=O)N(C)CCC(=O)O)CC1. The van der Waals surface area contributed by atoms with Crippen LogP contribution in [-0.4, -0.2) is 69.0 Å². The topological polar surface area (TPSA) is 90.0 Å². The minimum atomic E-state index is -3.56. The zero-order chi connectivity index (χ0) is 15.2. The normalized spacial score (nSPS) is 18.6. The van der Waals surface area contributed by atoms with E-state index in [1.807, 2.05) is 0 Å². The van der Waals surface area contributed by atoms with Crippen molar-refractivity contribution in [2.24, 2.45) is 5.92 Å². The highest BCUT2D eigenvalue weighted by molar-refractivity contribution is 7.87. The second-order valence-electron chi connectivity index (χ2n) is 5.40. The van der Waals surface area contributed by atoms with Gasteiger partial charge in [0.15, 0.2) is 0 Å². The van der Waals surface area contributed by atoms with Crippen molar-refractivity contribution in [2.75, 3.05) is 40.3 Å². The smallest absolute Gasteiger partial charge is 0.304 e. The summed E-state index contributed by atoms with van der Waals surface area (Å²) in [4.78, 5) is 12.7. The Balaban J connectivity index is 2.27. The number of rotatable bonds is 8. The summed E-state index contributed by atoms with van der Waals surface area (Å²) in [6.07, 6.45) is 2.85. The number of nitrogens with zero attached hydrogens (tertiary/aromatic N) is 2. The Hall–Kier alpha value is -0.700. The molecule has 1 fully saturated rings. The van der Waals surface area contributed by atoms with Crippen molar-refractivity contribution in [1.82, 2.24) is 13.9 Å². The maximum atomic E-state index is 11.9. The molecule has 1 aliphatic heterocycles. The molecule has 0 aromatic carbocycles. The third-order valence-electron chi connectivity index (χ3n) is 3.73. The van der Waals surface area contributed by atoms with E-state index in [0.717, 1.165) is 36.7 Å². The number of piperidine rings is 1. The van der Waals surface area contributed by atoms with Crippen LogP contribution in [0.3, 0.4) is 0 Å². The van der Waals surface area contributed by atoms with Crippen molar-refractivity contribution < 1.29 is 18.3 Å². The van der Waals surface area contributed by atoms with Crippen LogP contribution in [0.2, 0.25) is 0 Å². The molecule has 0 saturated carbocycles. The van der Waals surface area contributed by atoms with E-state index in [2.05, 4.69) is 16.7 Å². The van der Waals surface area contributed by atoms with Crippen LogP contribution in [-0.2, 0) is 15.0 Å². The molecule has 0 aromatic heterocycles. The highest BCUT2D eigenvalue weighted by Gasteiger charge is 2.20. The van der Waals surface area contributed by atoms with Crippen LogP contribution in [0.25, 0.3) is 0 Å². The Morgan fingerprint density at radius 3 is 2.55 bits per heavy atom. The zero-order valence-electron chi connectivity index (χ0n) is 12.2. The number of carboxylic acid groups (broad SMARTS) is 1. The van der Waals surface area contributed by atoms with Crippen LogP contribution in [0.5, 0.6) is 0 Å². The molecule has 1 heterocycles. The molecule has 118 valence electrons. The van der Waals surface area contributed by atoms with Gasteiger partial charge in [0.25, 0.3) is 10.2 Å². The van der Waals surface area contributed by atoms with E-state index in [1.54, 1.807) is 0 Å². The second-order valence-corrected chi connectivity index (χ2v) is 7.26. The summed E-state index contributed by atoms with van der Waals surface area (Å²) in [6.45, 7) is 2.53. The van der Waals surface area contributed by atoms with Gasteiger partial charge in [-0.1, -0.05) is 0 Å². The molecule has 1 rings (SSSR count). The lowest BCUT2D eigenvalue weighted by atomic mass is 9.94. The Labute approximate surface area is 121 Å². The maximum Gasteiger partial charge on any atom is 0.304 e. The molecular weight excluding hydrogens is 282 g/mol. The second kappa shape index (κ2) is 7.92. The molecular formula is C12H25N3O4S. The molecule has 0 amide bonds. The first-order chi connectivity index (χ1) is 9.31. The molecule has 0 unspecified atom stereocenters. The van der Waals surface area contributed by atoms with Crippen molar-refractivity contribution in [3.8, 4) is 0 Å². The number of carboxylic acids is 1. The zero-order valence-corrected chi connectivity index (χ0v) is 13.0. The molecule has 20 heavy (non-hydrogen) atoms. The lowest BCUT2D eigenvalue weighted by Crippen LogP contribution is -2.40. The number of hydrogen-bond donors (Lipinski definition) is 2. The van der Waals surface area contributed by atoms with Crippen LogP contribution < -0.4 is 4.72 Å². The van der Waals surface area contributed by atoms with E-state index in [4.69, 9.17) is 5.11 Å². The number of aliphatic carboxylic acids is 1. The third kappa shape index (κ3) is 6.17. The van der Waals surface area contributed by atoms with Crippen LogP contribution in [0.4, 0.5) is 0 Å². The number of hydrogen-bond acceptors (Lipinski definition) is 4. The Kier molecular flexibility index (Phi) is 6.87. The summed E-state index contributed by atoms with van der Waals surface area (Å²) in [7, 11) is -0.0746. The summed E-state index contributed by atoms with van der Waals surface area (Å²) in [6, 6.07) is 0. The molecule has 1 saturated heterocycles. The van der Waals surface area contributed by atoms with Gasteiger partial charge in [0.05, 0.1) is 6.42 Å². The van der Waals surface area contributed by atoms with Gasteiger partial charge in [-0.3, -0.25) is 4.79 Å². The Bertz CT molecular complexity index is 405. The largest absolute Gasteiger partial charge is 0.481 e. The molecule has 0 atom stereocenters. The standard InChI is InChI=1S/C12H25N3O4S/c1-14-8-4-11(5-9-14)3-7-13-20(18,19)15(2)10-6-12(16)17/h11,13H,3-10H2,1-2H3,(H,16,17). The Morgan fingerprint density at radius 1 is 1.40 bits per heavy atom. The lowest BCUT2D eigenvalue weighted by Gasteiger charge is -2.29. The molecule has 1 aliphatic rings. The van der Waals surface area contributed by atoms with Crippen LogP contribution in [0, 0.1) is 5.92 Å². The average Bonchev–Trinajstić information content (AvgIpc) is 2.38. The highest BCUT2D eigenvalue weighted by Crippen LogP contribution is 2.18. The summed E-state index contributed by atoms with van der Waals surface area (Å²) >= 11 is 0. The molecule has 0 bridgehead atoms. The van der Waals surface area contributed by atoms with E-state index < -0.39 is 16.2 Å². The van der Waals surface area contributed by atoms with Gasteiger partial charge >= 0.3 is 5.97 Å². The quantitative estimate of drug-likeness (QED) is 0.657. The van der Waals surface area contributed by atoms with E-state index in [9.17, 15) is 13.2 Å². The van der Waals surface area contributed by atoms with Crippen LogP contribution in [0.1, 0.15) is 25.7 Å². The van der Waals surface area contributed by atoms with Gasteiger partial charge in [-0.15, -0.1) is 0 Å². The van der Waals surface area contributed by atoms with Crippen LogP contribution in [0.15, 0.2) is 0 Å². The van der Waals surface area contributed by atoms with E-state index in [0.29, 0.717) is 12.5 Å². The van der Waals surface area contributed by atoms with Gasteiger partial charge in [-0.05, 0) is 45.3 Å². The summed E-state index contributed by atoms with van der Waals surface area (Å²) < 4.78 is 27.3. The number of nitrogens with one attached hydrogen (secondary N) is 1. The van der Waals surface area contributed by atoms with Crippen molar-refractivity contribution >= 4 is 16.2 Å². The molecule has 0 spiro atoms. The van der Waals surface area contributed by atoms with Gasteiger partial charge in [-0.25, -0.2) is 4.72 Å². The van der Waals surface area contributed by atoms with Gasteiger partial charge in [-0.2, -0.15) is 12.7 Å². The summed E-state index contributed by atoms with van der Waals surface area (Å²) in [5.74, 6) is -0.434. The number of carbonyl (C=O) groups is 1. The predicted octanol–water partition coefficient (Wildman–Crippen LogP) is -0.0408. The van der Waals surface area contributed by atoms with Gasteiger partial charge in [0.2, 0.25) is 0 Å². The fourth-order valence-corrected chi connectivity index (χ4v) is 3.15. The monoisotopic (exact) mass is 307 g/mol. The third-order valence-corrected chi connectivity index (χ3v) is 5.30. The molecule has 0 aliphatic carbocycles. The van der Waals surface area contributed by atoms with Gasteiger partial charge in [0.1, 0.15) is 0 Å². The van der Waals surface area contributed by atoms with Crippen molar-refractivity contribution in [2.45, 2.75) is 25.7 Å². The molecule has 0 radical (unpaired) electrons. The molecule has 2 N–H and O–H groups in total. The fraction of sp³-hybridized carbons (Fsp3) is 0.917. The number of likely N-dealkylation sites (tertiary alicyclic amines) is 1. The van der Waals surface area contributed by atoms with E-state index in [-0.39, 0.29) is 13.0 Å². The summed E-state index contributed by atoms with van der Waals surface area (Å²) in [5, 5.41) is 8.55. The minimum Gasteiger partial charge on any atom is -0.481 e. The highest BCUT2D eigenvalue weighted by atomic mass is 32.2. The first-order valence-corrected chi connectivity index (χ1v) is 8.36. The van der Waals surface area contributed by atoms with E-state index >= 15 is 0 Å². The Morgan fingerprint density at radius 2 is 2.00 bits per heavy atom. The first-order valence-electron chi connectivity index (χ1n) is 6.92. The fourth-order valence-electron chi connectivity index (χ4n) is 2.23. The summed E-state index contributed by atoms with van der Waals surface area (Å²) in [5.41, 5.74) is 0. The predicted molar refractivity (Wildman–Crippen MR) is 76.6 cm³/mol. The lowest BCUT2D eigenvalue weighted by molar-refractivity contribution is -0.137. The molecule has 0 aromatic rings. The van der Waals surface area contributed by atoms with Crippen molar-refractivity contribution in [3.05, 3.63) is 0 Å². The van der Waals surface area contributed by atoms with Gasteiger partial charge < -0.3 is 10.0 Å².